The van der Waals surface area contributed by atoms with Crippen LogP contribution in [0.2, 0.25) is 0 Å². The number of hydrogen-bond donors (Lipinski definition) is 1. The fourth-order valence-electron chi connectivity index (χ4n) is 1.14. The molecule has 0 aromatic carbocycles. The molecule has 0 aromatic heterocycles. The van der Waals surface area contributed by atoms with Crippen molar-refractivity contribution in [1.82, 2.24) is 0 Å². The molecule has 1 unspecified atom stereocenters. The van der Waals surface area contributed by atoms with Crippen LogP contribution in [-0.2, 0) is 0 Å². The highest BCUT2D eigenvalue weighted by Gasteiger charge is 2.08. The Kier molecular flexibility index (Phi) is 2.04. The summed E-state index contributed by atoms with van der Waals surface area (Å²) in [6.07, 6.45) is 7.67. The van der Waals surface area contributed by atoms with E-state index in [-0.39, 0.29) is 0 Å². The molecule has 1 atom stereocenters. The largest absolute Gasteiger partial charge is 0.260 e. The Hall–Kier alpha value is -0.590. The van der Waals surface area contributed by atoms with Crippen LogP contribution in [0.25, 0.3) is 0 Å². The van der Waals surface area contributed by atoms with Crippen LogP contribution in [0.1, 0.15) is 26.2 Å². The lowest BCUT2D eigenvalue weighted by molar-refractivity contribution is -0.105. The standard InChI is InChI=1S/C8H13N/c1-7-2-4-8(6-9)5-3-7/h4,6-7,9H,2-3,5H2,1H3/p+1. The van der Waals surface area contributed by atoms with E-state index in [9.17, 15) is 0 Å². The SMILES string of the molecule is CC1CC=C(C=[NH2+])CC1. The number of allylic oxidation sites excluding steroid dienone is 2. The van der Waals surface area contributed by atoms with E-state index in [0.29, 0.717) is 0 Å². The molecule has 1 rings (SSSR count). The molecule has 2 N–H and O–H groups in total. The Morgan fingerprint density at radius 3 is 3.00 bits per heavy atom. The van der Waals surface area contributed by atoms with Gasteiger partial charge < -0.3 is 0 Å². The molecule has 1 heteroatoms. The molecule has 0 fully saturated rings. The first-order valence-electron chi connectivity index (χ1n) is 3.57. The van der Waals surface area contributed by atoms with Gasteiger partial charge in [0.15, 0.2) is 6.21 Å². The first kappa shape index (κ1) is 6.53. The summed E-state index contributed by atoms with van der Waals surface area (Å²) >= 11 is 0. The Morgan fingerprint density at radius 1 is 1.78 bits per heavy atom. The average molecular weight is 124 g/mol. The summed E-state index contributed by atoms with van der Waals surface area (Å²) in [5, 5.41) is 5.36. The van der Waals surface area contributed by atoms with E-state index in [0.717, 1.165) is 5.92 Å². The van der Waals surface area contributed by atoms with Crippen molar-refractivity contribution in [3.8, 4) is 0 Å². The van der Waals surface area contributed by atoms with Crippen molar-refractivity contribution in [1.29, 1.82) is 0 Å². The van der Waals surface area contributed by atoms with Gasteiger partial charge in [-0.05, 0) is 25.2 Å². The van der Waals surface area contributed by atoms with Crippen LogP contribution in [0.3, 0.4) is 0 Å². The van der Waals surface area contributed by atoms with Gasteiger partial charge in [-0.1, -0.05) is 13.0 Å². The molecular formula is C8H14N+. The van der Waals surface area contributed by atoms with Gasteiger partial charge in [0.25, 0.3) is 0 Å². The number of hydrogen-bond acceptors (Lipinski definition) is 0. The Bertz CT molecular complexity index is 136. The third-order valence-electron chi connectivity index (χ3n) is 1.92. The highest BCUT2D eigenvalue weighted by Crippen LogP contribution is 2.20. The van der Waals surface area contributed by atoms with Crippen molar-refractivity contribution >= 4 is 6.21 Å². The van der Waals surface area contributed by atoms with E-state index in [2.05, 4.69) is 13.0 Å². The maximum Gasteiger partial charge on any atom is 0.162 e. The summed E-state index contributed by atoms with van der Waals surface area (Å²) in [4.78, 5) is 0. The van der Waals surface area contributed by atoms with E-state index >= 15 is 0 Å². The summed E-state index contributed by atoms with van der Waals surface area (Å²) < 4.78 is 0. The highest BCUT2D eigenvalue weighted by atomic mass is 14.3. The molecule has 0 radical (unpaired) electrons. The van der Waals surface area contributed by atoms with Gasteiger partial charge in [-0.2, -0.15) is 0 Å². The van der Waals surface area contributed by atoms with Crippen LogP contribution in [-0.4, -0.2) is 6.21 Å². The zero-order valence-electron chi connectivity index (χ0n) is 5.93. The zero-order chi connectivity index (χ0) is 6.69. The van der Waals surface area contributed by atoms with E-state index < -0.39 is 0 Å². The van der Waals surface area contributed by atoms with E-state index in [1.54, 1.807) is 6.21 Å². The van der Waals surface area contributed by atoms with Crippen molar-refractivity contribution in [2.45, 2.75) is 26.2 Å². The lowest BCUT2D eigenvalue weighted by Gasteiger charge is -2.13. The topological polar surface area (TPSA) is 25.6 Å². The molecule has 9 heavy (non-hydrogen) atoms. The van der Waals surface area contributed by atoms with E-state index in [1.807, 2.05) is 0 Å². The van der Waals surface area contributed by atoms with Gasteiger partial charge in [0.1, 0.15) is 0 Å². The van der Waals surface area contributed by atoms with Crippen LogP contribution >= 0.6 is 0 Å². The predicted octanol–water partition coefficient (Wildman–Crippen LogP) is 0.563. The summed E-state index contributed by atoms with van der Waals surface area (Å²) in [7, 11) is 0. The fourth-order valence-corrected chi connectivity index (χ4v) is 1.14. The minimum Gasteiger partial charge on any atom is -0.260 e. The van der Waals surface area contributed by atoms with Crippen molar-refractivity contribution in [2.75, 3.05) is 0 Å². The molecule has 1 aliphatic rings. The zero-order valence-corrected chi connectivity index (χ0v) is 5.93. The molecule has 0 bridgehead atoms. The van der Waals surface area contributed by atoms with Gasteiger partial charge in [-0.25, -0.2) is 0 Å². The molecule has 0 spiro atoms. The van der Waals surface area contributed by atoms with Crippen molar-refractivity contribution in [3.05, 3.63) is 11.6 Å². The first-order chi connectivity index (χ1) is 4.33. The van der Waals surface area contributed by atoms with Crippen LogP contribution in [0.15, 0.2) is 11.6 Å². The van der Waals surface area contributed by atoms with Crippen molar-refractivity contribution in [3.63, 3.8) is 0 Å². The van der Waals surface area contributed by atoms with Gasteiger partial charge in [-0.3, -0.25) is 5.41 Å². The molecule has 0 aliphatic heterocycles. The third-order valence-corrected chi connectivity index (χ3v) is 1.92. The monoisotopic (exact) mass is 124 g/mol. The minimum atomic E-state index is 0.869. The fraction of sp³-hybridized carbons (Fsp3) is 0.625. The Balaban J connectivity index is 2.49. The summed E-state index contributed by atoms with van der Waals surface area (Å²) in [6, 6.07) is 0. The predicted molar refractivity (Wildman–Crippen MR) is 39.1 cm³/mol. The Labute approximate surface area is 56.3 Å². The molecule has 0 aromatic rings. The second-order valence-electron chi connectivity index (χ2n) is 2.83. The molecule has 1 nitrogen and oxygen atoms in total. The second-order valence-corrected chi connectivity index (χ2v) is 2.83. The average Bonchev–Trinajstić information content (AvgIpc) is 1.90. The van der Waals surface area contributed by atoms with Gasteiger partial charge in [0.05, 0.1) is 0 Å². The highest BCUT2D eigenvalue weighted by molar-refractivity contribution is 5.73. The molecular weight excluding hydrogens is 110 g/mol. The molecule has 1 aliphatic carbocycles. The second kappa shape index (κ2) is 2.81. The molecule has 0 heterocycles. The molecule has 0 saturated carbocycles. The van der Waals surface area contributed by atoms with E-state index in [1.165, 1.54) is 24.8 Å². The lowest BCUT2D eigenvalue weighted by Crippen LogP contribution is -2.31. The van der Waals surface area contributed by atoms with Gasteiger partial charge in [0, 0.05) is 5.57 Å². The summed E-state index contributed by atoms with van der Waals surface area (Å²) in [5.74, 6) is 0.869. The molecule has 50 valence electrons. The molecule has 0 amide bonds. The summed E-state index contributed by atoms with van der Waals surface area (Å²) in [5.41, 5.74) is 1.33. The maximum absolute atomic E-state index is 5.36. The number of nitrogens with two attached hydrogens (primary N) is 1. The number of rotatable bonds is 1. The normalized spacial score (nSPS) is 27.2. The third kappa shape index (κ3) is 1.67. The van der Waals surface area contributed by atoms with Gasteiger partial charge >= 0.3 is 0 Å². The van der Waals surface area contributed by atoms with Crippen LogP contribution < -0.4 is 5.41 Å². The first-order valence-corrected chi connectivity index (χ1v) is 3.57. The maximum atomic E-state index is 5.36. The Morgan fingerprint density at radius 2 is 2.56 bits per heavy atom. The summed E-state index contributed by atoms with van der Waals surface area (Å²) in [6.45, 7) is 2.28. The van der Waals surface area contributed by atoms with Crippen molar-refractivity contribution in [2.24, 2.45) is 5.92 Å². The lowest BCUT2D eigenvalue weighted by atomic mass is 9.92. The van der Waals surface area contributed by atoms with Gasteiger partial charge in [0.2, 0.25) is 0 Å². The smallest absolute Gasteiger partial charge is 0.162 e. The minimum absolute atomic E-state index is 0.869. The van der Waals surface area contributed by atoms with Gasteiger partial charge in [-0.15, -0.1) is 0 Å². The molecule has 0 saturated heterocycles. The van der Waals surface area contributed by atoms with Crippen LogP contribution in [0, 0.1) is 5.92 Å². The van der Waals surface area contributed by atoms with E-state index in [4.69, 9.17) is 5.41 Å². The van der Waals surface area contributed by atoms with Crippen molar-refractivity contribution < 1.29 is 5.41 Å². The van der Waals surface area contributed by atoms with Crippen LogP contribution in [0.5, 0.6) is 0 Å². The quantitative estimate of drug-likeness (QED) is 0.494. The van der Waals surface area contributed by atoms with Crippen LogP contribution in [0.4, 0.5) is 0 Å².